The minimum absolute atomic E-state index is 0.0818. The number of carbonyl (C=O) groups excluding carboxylic acids is 1. The highest BCUT2D eigenvalue weighted by molar-refractivity contribution is 5.94. The molecule has 0 unspecified atom stereocenters. The fraction of sp³-hybridized carbons (Fsp3) is 0.167. The van der Waals surface area contributed by atoms with Crippen LogP contribution in [0.3, 0.4) is 0 Å². The van der Waals surface area contributed by atoms with Crippen LogP contribution in [0.1, 0.15) is 27.3 Å². The lowest BCUT2D eigenvalue weighted by Gasteiger charge is -2.11. The summed E-state index contributed by atoms with van der Waals surface area (Å²) in [5.74, 6) is 0.791. The van der Waals surface area contributed by atoms with E-state index in [-0.39, 0.29) is 5.91 Å². The normalized spacial score (nSPS) is 10.9. The maximum Gasteiger partial charge on any atom is 0.251 e. The van der Waals surface area contributed by atoms with Gasteiger partial charge in [-0.2, -0.15) is 0 Å². The maximum atomic E-state index is 12.5. The molecule has 0 spiro atoms. The number of carbonyl (C=O) groups is 1. The zero-order valence-corrected chi connectivity index (χ0v) is 15.9. The molecule has 28 heavy (non-hydrogen) atoms. The lowest BCUT2D eigenvalue weighted by molar-refractivity contribution is 0.0949. The number of aryl methyl sites for hydroxylation is 3. The average Bonchev–Trinajstić information content (AvgIpc) is 3.09. The van der Waals surface area contributed by atoms with Crippen molar-refractivity contribution in [3.05, 3.63) is 101 Å². The lowest BCUT2D eigenvalue weighted by atomic mass is 10.1. The summed E-state index contributed by atoms with van der Waals surface area (Å²) in [7, 11) is 0. The molecule has 0 aliphatic carbocycles. The predicted molar refractivity (Wildman–Crippen MR) is 112 cm³/mol. The van der Waals surface area contributed by atoms with E-state index in [1.54, 1.807) is 0 Å². The van der Waals surface area contributed by atoms with E-state index in [0.29, 0.717) is 12.1 Å². The Labute approximate surface area is 164 Å². The zero-order valence-electron chi connectivity index (χ0n) is 15.9. The number of imidazole rings is 1. The van der Waals surface area contributed by atoms with Gasteiger partial charge in [0.2, 0.25) is 0 Å². The minimum Gasteiger partial charge on any atom is -0.345 e. The van der Waals surface area contributed by atoms with Crippen LogP contribution < -0.4 is 5.32 Å². The Morgan fingerprint density at radius 1 is 0.929 bits per heavy atom. The number of benzene rings is 3. The van der Waals surface area contributed by atoms with Gasteiger partial charge in [0.25, 0.3) is 5.91 Å². The molecular formula is C24H23N3O. The van der Waals surface area contributed by atoms with Crippen molar-refractivity contribution in [2.45, 2.75) is 26.4 Å². The predicted octanol–water partition coefficient (Wildman–Crippen LogP) is 4.52. The highest BCUT2D eigenvalue weighted by atomic mass is 16.1. The lowest BCUT2D eigenvalue weighted by Crippen LogP contribution is -2.25. The first-order valence-corrected chi connectivity index (χ1v) is 9.53. The quantitative estimate of drug-likeness (QED) is 0.543. The Balaban J connectivity index is 1.54. The van der Waals surface area contributed by atoms with Gasteiger partial charge in [-0.1, -0.05) is 60.2 Å². The van der Waals surface area contributed by atoms with Gasteiger partial charge in [-0.25, -0.2) is 4.98 Å². The highest BCUT2D eigenvalue weighted by Crippen LogP contribution is 2.17. The molecule has 0 aliphatic rings. The molecule has 0 atom stereocenters. The number of rotatable bonds is 6. The van der Waals surface area contributed by atoms with Gasteiger partial charge in [0.15, 0.2) is 0 Å². The molecule has 1 amide bonds. The van der Waals surface area contributed by atoms with Crippen molar-refractivity contribution in [3.63, 3.8) is 0 Å². The van der Waals surface area contributed by atoms with Crippen LogP contribution in [0, 0.1) is 6.92 Å². The van der Waals surface area contributed by atoms with E-state index in [9.17, 15) is 4.79 Å². The van der Waals surface area contributed by atoms with Gasteiger partial charge < -0.3 is 9.88 Å². The molecular weight excluding hydrogens is 346 g/mol. The Bertz CT molecular complexity index is 1080. The van der Waals surface area contributed by atoms with Gasteiger partial charge in [0.1, 0.15) is 5.82 Å². The highest BCUT2D eigenvalue weighted by Gasteiger charge is 2.12. The third-order valence-corrected chi connectivity index (χ3v) is 4.92. The number of amides is 1. The van der Waals surface area contributed by atoms with Crippen LogP contribution >= 0.6 is 0 Å². The third-order valence-electron chi connectivity index (χ3n) is 4.92. The van der Waals surface area contributed by atoms with Crippen molar-refractivity contribution in [2.75, 3.05) is 0 Å². The molecule has 140 valence electrons. The number of aromatic nitrogens is 2. The first kappa shape index (κ1) is 18.0. The molecule has 0 saturated heterocycles. The summed E-state index contributed by atoms with van der Waals surface area (Å²) in [5, 5.41) is 3.01. The molecule has 1 aromatic heterocycles. The largest absolute Gasteiger partial charge is 0.345 e. The summed E-state index contributed by atoms with van der Waals surface area (Å²) < 4.78 is 2.21. The zero-order chi connectivity index (χ0) is 19.3. The first-order valence-electron chi connectivity index (χ1n) is 9.53. The molecule has 0 bridgehead atoms. The number of fused-ring (bicyclic) bond motifs is 1. The molecule has 0 radical (unpaired) electrons. The van der Waals surface area contributed by atoms with E-state index in [0.717, 1.165) is 35.4 Å². The average molecular weight is 369 g/mol. The number of hydrogen-bond acceptors (Lipinski definition) is 2. The summed E-state index contributed by atoms with van der Waals surface area (Å²) >= 11 is 0. The van der Waals surface area contributed by atoms with Crippen molar-refractivity contribution < 1.29 is 4.79 Å². The van der Waals surface area contributed by atoms with Gasteiger partial charge in [-0.3, -0.25) is 4.79 Å². The van der Waals surface area contributed by atoms with E-state index >= 15 is 0 Å². The van der Waals surface area contributed by atoms with Gasteiger partial charge in [-0.15, -0.1) is 0 Å². The van der Waals surface area contributed by atoms with Crippen LogP contribution in [0.5, 0.6) is 0 Å². The molecule has 4 nitrogen and oxygen atoms in total. The second-order valence-electron chi connectivity index (χ2n) is 6.95. The Kier molecular flexibility index (Phi) is 5.20. The van der Waals surface area contributed by atoms with Crippen LogP contribution in [0.4, 0.5) is 0 Å². The number of hydrogen-bond donors (Lipinski definition) is 1. The summed E-state index contributed by atoms with van der Waals surface area (Å²) in [6, 6.07) is 26.1. The first-order chi connectivity index (χ1) is 13.7. The van der Waals surface area contributed by atoms with Crippen LogP contribution in [-0.4, -0.2) is 15.5 Å². The molecule has 0 aliphatic heterocycles. The smallest absolute Gasteiger partial charge is 0.251 e. The van der Waals surface area contributed by atoms with E-state index in [1.165, 1.54) is 5.56 Å². The second-order valence-corrected chi connectivity index (χ2v) is 6.95. The van der Waals surface area contributed by atoms with Crippen LogP contribution in [-0.2, 0) is 19.5 Å². The van der Waals surface area contributed by atoms with E-state index in [2.05, 4.69) is 40.2 Å². The molecule has 0 saturated carbocycles. The summed E-state index contributed by atoms with van der Waals surface area (Å²) in [6.45, 7) is 3.23. The van der Waals surface area contributed by atoms with Crippen molar-refractivity contribution in [1.82, 2.24) is 14.9 Å². The fourth-order valence-corrected chi connectivity index (χ4v) is 3.36. The second kappa shape index (κ2) is 8.09. The van der Waals surface area contributed by atoms with Crippen LogP contribution in [0.25, 0.3) is 11.0 Å². The maximum absolute atomic E-state index is 12.5. The van der Waals surface area contributed by atoms with Crippen LogP contribution in [0.15, 0.2) is 78.9 Å². The van der Waals surface area contributed by atoms with Gasteiger partial charge >= 0.3 is 0 Å². The molecule has 1 heterocycles. The fourth-order valence-electron chi connectivity index (χ4n) is 3.36. The van der Waals surface area contributed by atoms with Crippen molar-refractivity contribution in [1.29, 1.82) is 0 Å². The topological polar surface area (TPSA) is 46.9 Å². The van der Waals surface area contributed by atoms with E-state index < -0.39 is 0 Å². The van der Waals surface area contributed by atoms with Gasteiger partial charge in [0, 0.05) is 12.1 Å². The van der Waals surface area contributed by atoms with Gasteiger partial charge in [0.05, 0.1) is 17.6 Å². The SMILES string of the molecule is Cc1ccc(C(=O)NCc2nc3ccccc3n2CCc2ccccc2)cc1. The molecule has 1 N–H and O–H groups in total. The molecule has 3 aromatic carbocycles. The molecule has 0 fully saturated rings. The monoisotopic (exact) mass is 369 g/mol. The molecule has 4 heteroatoms. The van der Waals surface area contributed by atoms with E-state index in [1.807, 2.05) is 55.5 Å². The third kappa shape index (κ3) is 3.96. The minimum atomic E-state index is -0.0818. The van der Waals surface area contributed by atoms with Crippen LogP contribution in [0.2, 0.25) is 0 Å². The molecule has 4 rings (SSSR count). The standard InChI is InChI=1S/C24H23N3O/c1-18-11-13-20(14-12-18)24(28)25-17-23-26-21-9-5-6-10-22(21)27(23)16-15-19-7-3-2-4-8-19/h2-14H,15-17H2,1H3,(H,25,28). The number of nitrogens with zero attached hydrogens (tertiary/aromatic N) is 2. The Morgan fingerprint density at radius 2 is 1.64 bits per heavy atom. The molecule has 4 aromatic rings. The summed E-state index contributed by atoms with van der Waals surface area (Å²) in [4.78, 5) is 17.2. The van der Waals surface area contributed by atoms with Crippen molar-refractivity contribution in [3.8, 4) is 0 Å². The number of nitrogens with one attached hydrogen (secondary N) is 1. The summed E-state index contributed by atoms with van der Waals surface area (Å²) in [6.07, 6.45) is 0.917. The van der Waals surface area contributed by atoms with Gasteiger partial charge in [-0.05, 0) is 43.2 Å². The summed E-state index contributed by atoms with van der Waals surface area (Å²) in [5.41, 5.74) is 5.14. The van der Waals surface area contributed by atoms with Crippen molar-refractivity contribution >= 4 is 16.9 Å². The van der Waals surface area contributed by atoms with Crippen molar-refractivity contribution in [2.24, 2.45) is 0 Å². The number of para-hydroxylation sites is 2. The Hall–Kier alpha value is -3.40. The Morgan fingerprint density at radius 3 is 2.43 bits per heavy atom. The van der Waals surface area contributed by atoms with E-state index in [4.69, 9.17) is 4.98 Å².